The maximum atomic E-state index is 14.3. The van der Waals surface area contributed by atoms with Crippen LogP contribution < -0.4 is 10.6 Å². The molecule has 2 fully saturated rings. The van der Waals surface area contributed by atoms with Crippen LogP contribution in [0.4, 0.5) is 4.39 Å². The number of benzene rings is 1. The van der Waals surface area contributed by atoms with Crippen LogP contribution in [0.3, 0.4) is 0 Å². The zero-order valence-electron chi connectivity index (χ0n) is 12.9. The molecule has 1 aromatic carbocycles. The van der Waals surface area contributed by atoms with Crippen molar-refractivity contribution in [2.45, 2.75) is 18.9 Å². The SMILES string of the molecule is Cl.O=C1NCCN(CC2CCNCC2)C1c1c(F)cccc1Cl. The summed E-state index contributed by atoms with van der Waals surface area (Å²) in [6, 6.07) is 3.95. The third-order valence-corrected chi connectivity index (χ3v) is 4.87. The summed E-state index contributed by atoms with van der Waals surface area (Å²) in [5, 5.41) is 6.49. The van der Waals surface area contributed by atoms with E-state index in [2.05, 4.69) is 15.5 Å². The van der Waals surface area contributed by atoms with Crippen LogP contribution in [0.15, 0.2) is 18.2 Å². The van der Waals surface area contributed by atoms with Crippen molar-refractivity contribution >= 4 is 29.9 Å². The zero-order valence-corrected chi connectivity index (χ0v) is 14.4. The van der Waals surface area contributed by atoms with Crippen molar-refractivity contribution in [1.29, 1.82) is 0 Å². The highest BCUT2D eigenvalue weighted by atomic mass is 35.5. The van der Waals surface area contributed by atoms with Gasteiger partial charge in [0, 0.05) is 30.2 Å². The molecule has 2 aliphatic rings. The van der Waals surface area contributed by atoms with E-state index in [0.717, 1.165) is 39.0 Å². The first-order valence-electron chi connectivity index (χ1n) is 7.83. The monoisotopic (exact) mass is 361 g/mol. The standard InChI is InChI=1S/C16H21ClFN3O.ClH/c17-12-2-1-3-13(18)14(12)15-16(22)20-8-9-21(15)10-11-4-6-19-7-5-11;/h1-3,11,15,19H,4-10H2,(H,20,22);1H. The minimum Gasteiger partial charge on any atom is -0.353 e. The van der Waals surface area contributed by atoms with Gasteiger partial charge in [-0.05, 0) is 44.0 Å². The summed E-state index contributed by atoms with van der Waals surface area (Å²) in [6.45, 7) is 4.16. The van der Waals surface area contributed by atoms with Gasteiger partial charge in [-0.3, -0.25) is 9.69 Å². The number of nitrogens with one attached hydrogen (secondary N) is 2. The van der Waals surface area contributed by atoms with Crippen molar-refractivity contribution in [3.8, 4) is 0 Å². The molecule has 23 heavy (non-hydrogen) atoms. The first-order chi connectivity index (χ1) is 10.7. The van der Waals surface area contributed by atoms with Crippen molar-refractivity contribution in [3.05, 3.63) is 34.6 Å². The highest BCUT2D eigenvalue weighted by molar-refractivity contribution is 6.31. The van der Waals surface area contributed by atoms with Gasteiger partial charge in [-0.1, -0.05) is 17.7 Å². The van der Waals surface area contributed by atoms with Crippen LogP contribution in [-0.2, 0) is 4.79 Å². The molecule has 2 N–H and O–H groups in total. The largest absolute Gasteiger partial charge is 0.353 e. The molecule has 7 heteroatoms. The van der Waals surface area contributed by atoms with Gasteiger partial charge in [-0.2, -0.15) is 0 Å². The fraction of sp³-hybridized carbons (Fsp3) is 0.562. The first-order valence-corrected chi connectivity index (χ1v) is 8.21. The lowest BCUT2D eigenvalue weighted by Gasteiger charge is -2.38. The number of hydrogen-bond donors (Lipinski definition) is 2. The number of hydrogen-bond acceptors (Lipinski definition) is 3. The third kappa shape index (κ3) is 4.15. The number of carbonyl (C=O) groups excluding carboxylic acids is 1. The van der Waals surface area contributed by atoms with Crippen LogP contribution >= 0.6 is 24.0 Å². The summed E-state index contributed by atoms with van der Waals surface area (Å²) in [7, 11) is 0. The first kappa shape index (κ1) is 18.5. The van der Waals surface area contributed by atoms with Crippen molar-refractivity contribution in [1.82, 2.24) is 15.5 Å². The minimum atomic E-state index is -0.627. The highest BCUT2D eigenvalue weighted by Crippen LogP contribution is 2.32. The number of amides is 1. The molecular formula is C16H22Cl2FN3O. The number of nitrogens with zero attached hydrogens (tertiary/aromatic N) is 1. The van der Waals surface area contributed by atoms with E-state index in [1.54, 1.807) is 12.1 Å². The number of halogens is 3. The Morgan fingerprint density at radius 1 is 1.26 bits per heavy atom. The van der Waals surface area contributed by atoms with Crippen LogP contribution in [0.2, 0.25) is 5.02 Å². The molecule has 2 heterocycles. The number of rotatable bonds is 3. The van der Waals surface area contributed by atoms with Crippen LogP contribution in [-0.4, -0.2) is 43.5 Å². The fourth-order valence-corrected chi connectivity index (χ4v) is 3.66. The van der Waals surface area contributed by atoms with Gasteiger partial charge in [-0.25, -0.2) is 4.39 Å². The normalized spacial score (nSPS) is 23.2. The lowest BCUT2D eigenvalue weighted by Crippen LogP contribution is -2.52. The van der Waals surface area contributed by atoms with Crippen LogP contribution in [0.1, 0.15) is 24.4 Å². The maximum Gasteiger partial charge on any atom is 0.242 e. The lowest BCUT2D eigenvalue weighted by molar-refractivity contribution is -0.129. The van der Waals surface area contributed by atoms with Gasteiger partial charge in [0.05, 0.1) is 0 Å². The van der Waals surface area contributed by atoms with E-state index in [9.17, 15) is 9.18 Å². The second kappa shape index (κ2) is 8.29. The summed E-state index contributed by atoms with van der Waals surface area (Å²) in [4.78, 5) is 14.4. The molecule has 0 radical (unpaired) electrons. The molecule has 4 nitrogen and oxygen atoms in total. The molecule has 0 aromatic heterocycles. The fourth-order valence-electron chi connectivity index (χ4n) is 3.39. The number of piperidine rings is 1. The minimum absolute atomic E-state index is 0. The van der Waals surface area contributed by atoms with E-state index >= 15 is 0 Å². The Hall–Kier alpha value is -0.880. The van der Waals surface area contributed by atoms with E-state index < -0.39 is 11.9 Å². The predicted octanol–water partition coefficient (Wildman–Crippen LogP) is 2.37. The second-order valence-electron chi connectivity index (χ2n) is 6.02. The molecule has 2 saturated heterocycles. The molecule has 0 bridgehead atoms. The maximum absolute atomic E-state index is 14.3. The van der Waals surface area contributed by atoms with Crippen molar-refractivity contribution in [2.75, 3.05) is 32.7 Å². The highest BCUT2D eigenvalue weighted by Gasteiger charge is 2.35. The molecule has 0 spiro atoms. The number of piperazine rings is 1. The summed E-state index contributed by atoms with van der Waals surface area (Å²) >= 11 is 6.18. The van der Waals surface area contributed by atoms with Crippen LogP contribution in [0.25, 0.3) is 0 Å². The van der Waals surface area contributed by atoms with Gasteiger partial charge in [0.2, 0.25) is 5.91 Å². The summed E-state index contributed by atoms with van der Waals surface area (Å²) in [5.74, 6) is -0.0303. The molecule has 1 unspecified atom stereocenters. The Balaban J connectivity index is 0.00000192. The number of carbonyl (C=O) groups is 1. The molecule has 1 aromatic rings. The van der Waals surface area contributed by atoms with Gasteiger partial charge in [0.15, 0.2) is 0 Å². The second-order valence-corrected chi connectivity index (χ2v) is 6.42. The van der Waals surface area contributed by atoms with E-state index in [0.29, 0.717) is 23.0 Å². The summed E-state index contributed by atoms with van der Waals surface area (Å²) < 4.78 is 14.3. The van der Waals surface area contributed by atoms with E-state index in [1.165, 1.54) is 6.07 Å². The van der Waals surface area contributed by atoms with Crippen molar-refractivity contribution in [2.24, 2.45) is 5.92 Å². The van der Waals surface area contributed by atoms with E-state index in [-0.39, 0.29) is 18.3 Å². The Morgan fingerprint density at radius 2 is 2.00 bits per heavy atom. The molecular weight excluding hydrogens is 340 g/mol. The van der Waals surface area contributed by atoms with Crippen molar-refractivity contribution in [3.63, 3.8) is 0 Å². The molecule has 2 aliphatic heterocycles. The molecule has 3 rings (SSSR count). The predicted molar refractivity (Wildman–Crippen MR) is 91.6 cm³/mol. The molecule has 0 aliphatic carbocycles. The van der Waals surface area contributed by atoms with Gasteiger partial charge >= 0.3 is 0 Å². The Kier molecular flexibility index (Phi) is 6.65. The van der Waals surface area contributed by atoms with Gasteiger partial charge < -0.3 is 10.6 Å². The summed E-state index contributed by atoms with van der Waals surface area (Å²) in [5.41, 5.74) is 0.301. The smallest absolute Gasteiger partial charge is 0.242 e. The van der Waals surface area contributed by atoms with Crippen molar-refractivity contribution < 1.29 is 9.18 Å². The molecule has 0 saturated carbocycles. The van der Waals surface area contributed by atoms with E-state index in [4.69, 9.17) is 11.6 Å². The molecule has 128 valence electrons. The lowest BCUT2D eigenvalue weighted by atomic mass is 9.94. The van der Waals surface area contributed by atoms with Gasteiger partial charge in [0.1, 0.15) is 11.9 Å². The Bertz CT molecular complexity index is 532. The quantitative estimate of drug-likeness (QED) is 0.868. The van der Waals surface area contributed by atoms with Gasteiger partial charge in [0.25, 0.3) is 0 Å². The third-order valence-electron chi connectivity index (χ3n) is 4.54. The van der Waals surface area contributed by atoms with Crippen LogP contribution in [0, 0.1) is 11.7 Å². The molecule has 1 amide bonds. The van der Waals surface area contributed by atoms with Gasteiger partial charge in [-0.15, -0.1) is 12.4 Å². The van der Waals surface area contributed by atoms with Crippen LogP contribution in [0.5, 0.6) is 0 Å². The Labute approximate surface area is 147 Å². The summed E-state index contributed by atoms with van der Waals surface area (Å²) in [6.07, 6.45) is 2.19. The average molecular weight is 362 g/mol. The van der Waals surface area contributed by atoms with E-state index in [1.807, 2.05) is 0 Å². The zero-order chi connectivity index (χ0) is 15.5. The average Bonchev–Trinajstić information content (AvgIpc) is 2.50. The Morgan fingerprint density at radius 3 is 2.70 bits per heavy atom. The molecule has 1 atom stereocenters. The topological polar surface area (TPSA) is 44.4 Å².